The van der Waals surface area contributed by atoms with Crippen molar-refractivity contribution in [3.63, 3.8) is 0 Å². The Morgan fingerprint density at radius 3 is 2.40 bits per heavy atom. The SMILES string of the molecule is CN1CC2CCC1CN2.Cl. The Balaban J connectivity index is 0.000000500. The molecule has 3 rings (SSSR count). The maximum Gasteiger partial charge on any atom is 0.0218 e. The fraction of sp³-hybridized carbons (Fsp3) is 1.00. The van der Waals surface area contributed by atoms with Crippen molar-refractivity contribution < 1.29 is 0 Å². The van der Waals surface area contributed by atoms with Crippen LogP contribution in [0.25, 0.3) is 0 Å². The third-order valence-electron chi connectivity index (χ3n) is 2.62. The first kappa shape index (κ1) is 8.31. The van der Waals surface area contributed by atoms with Gasteiger partial charge in [0, 0.05) is 25.2 Å². The largest absolute Gasteiger partial charge is 0.311 e. The molecule has 10 heavy (non-hydrogen) atoms. The molecule has 3 fully saturated rings. The second-order valence-electron chi connectivity index (χ2n) is 3.28. The highest BCUT2D eigenvalue weighted by Gasteiger charge is 2.30. The molecule has 1 N–H and O–H groups in total. The van der Waals surface area contributed by atoms with Crippen molar-refractivity contribution >= 4 is 12.4 Å². The van der Waals surface area contributed by atoms with E-state index in [1.807, 2.05) is 0 Å². The minimum absolute atomic E-state index is 0. The van der Waals surface area contributed by atoms with Crippen LogP contribution in [0.5, 0.6) is 0 Å². The first-order valence-electron chi connectivity index (χ1n) is 3.80. The van der Waals surface area contributed by atoms with Gasteiger partial charge >= 0.3 is 0 Å². The van der Waals surface area contributed by atoms with E-state index in [-0.39, 0.29) is 12.4 Å². The van der Waals surface area contributed by atoms with Crippen molar-refractivity contribution in [1.29, 1.82) is 0 Å². The zero-order valence-corrected chi connectivity index (χ0v) is 7.16. The van der Waals surface area contributed by atoms with Gasteiger partial charge in [-0.1, -0.05) is 0 Å². The molecule has 0 radical (unpaired) electrons. The quantitative estimate of drug-likeness (QED) is 0.558. The molecule has 60 valence electrons. The van der Waals surface area contributed by atoms with Crippen molar-refractivity contribution in [1.82, 2.24) is 10.2 Å². The summed E-state index contributed by atoms with van der Waals surface area (Å²) < 4.78 is 0. The molecule has 2 unspecified atom stereocenters. The monoisotopic (exact) mass is 162 g/mol. The van der Waals surface area contributed by atoms with Crippen molar-refractivity contribution in [2.45, 2.75) is 24.9 Å². The number of piperazine rings is 1. The van der Waals surface area contributed by atoms with Crippen molar-refractivity contribution in [3.05, 3.63) is 0 Å². The maximum atomic E-state index is 3.51. The second-order valence-corrected chi connectivity index (χ2v) is 3.28. The van der Waals surface area contributed by atoms with Crippen LogP contribution < -0.4 is 5.32 Å². The van der Waals surface area contributed by atoms with Gasteiger partial charge in [0.1, 0.15) is 0 Å². The van der Waals surface area contributed by atoms with Gasteiger partial charge in [-0.05, 0) is 19.9 Å². The molecule has 3 heteroatoms. The summed E-state index contributed by atoms with van der Waals surface area (Å²) in [6, 6.07) is 1.65. The van der Waals surface area contributed by atoms with Gasteiger partial charge in [0.05, 0.1) is 0 Å². The van der Waals surface area contributed by atoms with Gasteiger partial charge in [-0.15, -0.1) is 12.4 Å². The molecule has 0 amide bonds. The van der Waals surface area contributed by atoms with E-state index in [2.05, 4.69) is 17.3 Å². The molecule has 3 aliphatic heterocycles. The van der Waals surface area contributed by atoms with E-state index in [9.17, 15) is 0 Å². The van der Waals surface area contributed by atoms with Crippen LogP contribution >= 0.6 is 12.4 Å². The summed E-state index contributed by atoms with van der Waals surface area (Å²) in [4.78, 5) is 2.48. The lowest BCUT2D eigenvalue weighted by Crippen LogP contribution is -2.59. The molecule has 0 aliphatic carbocycles. The summed E-state index contributed by atoms with van der Waals surface area (Å²) in [7, 11) is 2.23. The molecule has 2 bridgehead atoms. The Labute approximate surface area is 68.4 Å². The van der Waals surface area contributed by atoms with Crippen molar-refractivity contribution in [2.24, 2.45) is 0 Å². The smallest absolute Gasteiger partial charge is 0.0218 e. The second kappa shape index (κ2) is 3.07. The topological polar surface area (TPSA) is 15.3 Å². The number of piperidine rings is 2. The Hall–Kier alpha value is 0.210. The predicted molar refractivity (Wildman–Crippen MR) is 44.7 cm³/mol. The molecule has 0 saturated carbocycles. The van der Waals surface area contributed by atoms with Crippen molar-refractivity contribution in [2.75, 3.05) is 20.1 Å². The van der Waals surface area contributed by atoms with Gasteiger partial charge in [-0.3, -0.25) is 0 Å². The number of hydrogen-bond acceptors (Lipinski definition) is 2. The molecule has 0 aromatic rings. The Morgan fingerprint density at radius 1 is 1.40 bits per heavy atom. The standard InChI is InChI=1S/C7H14N2.ClH/c1-9-5-6-2-3-7(9)4-8-6;/h6-8H,2-5H2,1H3;1H. The molecule has 3 aliphatic rings. The van der Waals surface area contributed by atoms with Crippen LogP contribution in [0.1, 0.15) is 12.8 Å². The number of nitrogens with one attached hydrogen (secondary N) is 1. The van der Waals surface area contributed by atoms with Crippen LogP contribution in [-0.2, 0) is 0 Å². The summed E-state index contributed by atoms with van der Waals surface area (Å²) in [6.45, 7) is 2.49. The van der Waals surface area contributed by atoms with Crippen LogP contribution in [0, 0.1) is 0 Å². The van der Waals surface area contributed by atoms with Crippen LogP contribution in [0.4, 0.5) is 0 Å². The van der Waals surface area contributed by atoms with Gasteiger partial charge in [-0.2, -0.15) is 0 Å². The Kier molecular flexibility index (Phi) is 2.55. The zero-order valence-electron chi connectivity index (χ0n) is 6.34. The molecule has 3 heterocycles. The van der Waals surface area contributed by atoms with Gasteiger partial charge in [0.25, 0.3) is 0 Å². The average molecular weight is 163 g/mol. The summed E-state index contributed by atoms with van der Waals surface area (Å²) >= 11 is 0. The summed E-state index contributed by atoms with van der Waals surface area (Å²) in [5, 5.41) is 3.51. The summed E-state index contributed by atoms with van der Waals surface area (Å²) in [5.74, 6) is 0. The van der Waals surface area contributed by atoms with Gasteiger partial charge in [0.15, 0.2) is 0 Å². The van der Waals surface area contributed by atoms with E-state index in [1.54, 1.807) is 0 Å². The molecular weight excluding hydrogens is 148 g/mol. The highest BCUT2D eigenvalue weighted by Crippen LogP contribution is 2.19. The summed E-state index contributed by atoms with van der Waals surface area (Å²) in [5.41, 5.74) is 0. The predicted octanol–water partition coefficient (Wildman–Crippen LogP) is 0.474. The number of fused-ring (bicyclic) bond motifs is 3. The molecule has 0 spiro atoms. The first-order chi connectivity index (χ1) is 4.36. The van der Waals surface area contributed by atoms with Crippen LogP contribution in [0.15, 0.2) is 0 Å². The van der Waals surface area contributed by atoms with Crippen molar-refractivity contribution in [3.8, 4) is 0 Å². The third-order valence-corrected chi connectivity index (χ3v) is 2.62. The fourth-order valence-corrected chi connectivity index (χ4v) is 1.93. The highest BCUT2D eigenvalue weighted by atomic mass is 35.5. The minimum atomic E-state index is 0. The number of likely N-dealkylation sites (N-methyl/N-ethyl adjacent to an activating group) is 1. The summed E-state index contributed by atoms with van der Waals surface area (Å²) in [6.07, 6.45) is 2.81. The molecule has 0 aromatic heterocycles. The van der Waals surface area contributed by atoms with Gasteiger partial charge < -0.3 is 10.2 Å². The molecule has 0 aromatic carbocycles. The van der Waals surface area contributed by atoms with E-state index in [0.717, 1.165) is 12.1 Å². The Bertz CT molecular complexity index is 110. The lowest BCUT2D eigenvalue weighted by Gasteiger charge is -2.44. The first-order valence-corrected chi connectivity index (χ1v) is 3.80. The lowest BCUT2D eigenvalue weighted by molar-refractivity contribution is 0.101. The molecule has 2 nitrogen and oxygen atoms in total. The third kappa shape index (κ3) is 1.29. The average Bonchev–Trinajstić information content (AvgIpc) is 1.90. The fourth-order valence-electron chi connectivity index (χ4n) is 1.93. The van der Waals surface area contributed by atoms with E-state index < -0.39 is 0 Å². The molecule has 3 saturated heterocycles. The normalized spacial score (nSPS) is 39.3. The van der Waals surface area contributed by atoms with E-state index in [1.165, 1.54) is 25.9 Å². The minimum Gasteiger partial charge on any atom is -0.311 e. The Morgan fingerprint density at radius 2 is 2.20 bits per heavy atom. The van der Waals surface area contributed by atoms with Crippen LogP contribution in [0.3, 0.4) is 0 Å². The van der Waals surface area contributed by atoms with Gasteiger partial charge in [0.2, 0.25) is 0 Å². The number of hydrogen-bond donors (Lipinski definition) is 1. The molecule has 2 atom stereocenters. The number of halogens is 1. The maximum absolute atomic E-state index is 3.51. The molecular formula is C7H15ClN2. The lowest BCUT2D eigenvalue weighted by atomic mass is 9.94. The van der Waals surface area contributed by atoms with Crippen LogP contribution in [-0.4, -0.2) is 37.1 Å². The van der Waals surface area contributed by atoms with E-state index >= 15 is 0 Å². The number of nitrogens with zero attached hydrogens (tertiary/aromatic N) is 1. The van der Waals surface area contributed by atoms with E-state index in [0.29, 0.717) is 0 Å². The number of rotatable bonds is 0. The zero-order chi connectivity index (χ0) is 6.27. The highest BCUT2D eigenvalue weighted by molar-refractivity contribution is 5.85. The van der Waals surface area contributed by atoms with Crippen LogP contribution in [0.2, 0.25) is 0 Å². The van der Waals surface area contributed by atoms with Gasteiger partial charge in [-0.25, -0.2) is 0 Å². The van der Waals surface area contributed by atoms with E-state index in [4.69, 9.17) is 0 Å².